The number of hydrogen-bond donors (Lipinski definition) is 0. The van der Waals surface area contributed by atoms with E-state index < -0.39 is 0 Å². The number of hydrogen-bond acceptors (Lipinski definition) is 4. The molecule has 0 N–H and O–H groups in total. The molecule has 0 atom stereocenters. The quantitative estimate of drug-likeness (QED) is 0.501. The van der Waals surface area contributed by atoms with Crippen molar-refractivity contribution in [3.63, 3.8) is 0 Å². The van der Waals surface area contributed by atoms with E-state index in [0.29, 0.717) is 16.7 Å². The van der Waals surface area contributed by atoms with Crippen LogP contribution in [0, 0.1) is 0 Å². The number of nitrogens with zero attached hydrogens (tertiary/aromatic N) is 5. The molecule has 7 heteroatoms. The Morgan fingerprint density at radius 3 is 2.53 bits per heavy atom. The zero-order valence-electron chi connectivity index (χ0n) is 8.38. The summed E-state index contributed by atoms with van der Waals surface area (Å²) in [5.41, 5.74) is 1.24. The molecule has 0 bridgehead atoms. The maximum Gasteiger partial charge on any atom is 0.210 e. The van der Waals surface area contributed by atoms with Gasteiger partial charge in [0.05, 0.1) is 0 Å². The molecule has 0 fully saturated rings. The Morgan fingerprint density at radius 1 is 1.00 bits per heavy atom. The Bertz CT molecular complexity index is 637. The van der Waals surface area contributed by atoms with E-state index >= 15 is 0 Å². The van der Waals surface area contributed by atoms with E-state index in [9.17, 15) is 0 Å². The van der Waals surface area contributed by atoms with Crippen LogP contribution in [0.1, 0.15) is 0 Å². The minimum absolute atomic E-state index is 0.219. The fourth-order valence-corrected chi connectivity index (χ4v) is 2.14. The second-order valence-corrected chi connectivity index (χ2v) is 4.00. The molecule has 1 aromatic carbocycles. The zero-order chi connectivity index (χ0) is 11.8. The highest BCUT2D eigenvalue weighted by Gasteiger charge is 2.20. The van der Waals surface area contributed by atoms with E-state index in [1.165, 1.54) is 0 Å². The number of fused-ring (bicyclic) bond motifs is 1. The van der Waals surface area contributed by atoms with Crippen LogP contribution in [0.25, 0.3) is 17.2 Å². The van der Waals surface area contributed by atoms with Crippen molar-refractivity contribution < 1.29 is 0 Å². The van der Waals surface area contributed by atoms with E-state index in [1.54, 1.807) is 4.57 Å². The number of para-hydroxylation sites is 1. The average Bonchev–Trinajstić information content (AvgIpc) is 2.78. The normalized spacial score (nSPS) is 10.9. The fraction of sp³-hybridized carbons (Fsp3) is 0. The van der Waals surface area contributed by atoms with Gasteiger partial charge in [0.15, 0.2) is 5.69 Å². The molecule has 84 valence electrons. The van der Waals surface area contributed by atoms with Crippen LogP contribution in [0.4, 0.5) is 0 Å². The lowest BCUT2D eigenvalue weighted by atomic mass is 10.3. The minimum Gasteiger partial charge on any atom is -0.273 e. The number of aromatic nitrogens is 5. The monoisotopic (exact) mass is 265 g/mol. The van der Waals surface area contributed by atoms with E-state index in [0.717, 1.165) is 5.69 Å². The maximum atomic E-state index is 6.22. The van der Waals surface area contributed by atoms with Gasteiger partial charge in [-0.05, 0) is 28.9 Å². The third-order valence-electron chi connectivity index (χ3n) is 2.28. The lowest BCUT2D eigenvalue weighted by molar-refractivity contribution is 0.946. The second-order valence-electron chi connectivity index (χ2n) is 3.30. The van der Waals surface area contributed by atoms with Gasteiger partial charge in [-0.3, -0.25) is 4.57 Å². The number of benzene rings is 1. The Hall–Kier alpha value is -1.72. The predicted molar refractivity (Wildman–Crippen MR) is 63.6 cm³/mol. The summed E-state index contributed by atoms with van der Waals surface area (Å²) in [5, 5.41) is 11.6. The summed E-state index contributed by atoms with van der Waals surface area (Å²) in [6, 6.07) is 9.41. The summed E-state index contributed by atoms with van der Waals surface area (Å²) in [6.07, 6.45) is 0. The Kier molecular flexibility index (Phi) is 2.42. The molecule has 0 unspecified atom stereocenters. The lowest BCUT2D eigenvalue weighted by Gasteiger charge is -2.12. The molecule has 5 nitrogen and oxygen atoms in total. The van der Waals surface area contributed by atoms with E-state index in [-0.39, 0.29) is 5.28 Å². The molecule has 17 heavy (non-hydrogen) atoms. The van der Waals surface area contributed by atoms with Crippen molar-refractivity contribution >= 4 is 23.2 Å². The molecule has 2 aliphatic heterocycles. The van der Waals surface area contributed by atoms with Crippen molar-refractivity contribution in [2.45, 2.75) is 0 Å². The van der Waals surface area contributed by atoms with Gasteiger partial charge in [-0.1, -0.05) is 29.8 Å². The van der Waals surface area contributed by atoms with E-state index in [1.807, 2.05) is 30.3 Å². The first-order chi connectivity index (χ1) is 8.27. The van der Waals surface area contributed by atoms with Gasteiger partial charge in [-0.2, -0.15) is 4.98 Å². The summed E-state index contributed by atoms with van der Waals surface area (Å²) >= 11 is 12.3. The Morgan fingerprint density at radius 2 is 1.76 bits per heavy atom. The molecular weight excluding hydrogens is 261 g/mol. The SMILES string of the molecule is Clc1nc2nnnc-2c(Cl)n1-c1ccccc1. The third-order valence-corrected chi connectivity index (χ3v) is 2.89. The first kappa shape index (κ1) is 10.4. The van der Waals surface area contributed by atoms with Crippen LogP contribution in [0.2, 0.25) is 10.4 Å². The fourth-order valence-electron chi connectivity index (χ4n) is 1.53. The molecular formula is C10H5Cl2N5. The van der Waals surface area contributed by atoms with Crippen molar-refractivity contribution in [1.29, 1.82) is 0 Å². The summed E-state index contributed by atoms with van der Waals surface area (Å²) < 4.78 is 1.59. The smallest absolute Gasteiger partial charge is 0.210 e. The average molecular weight is 266 g/mol. The number of halogens is 2. The molecule has 0 amide bonds. The van der Waals surface area contributed by atoms with Crippen LogP contribution >= 0.6 is 23.2 Å². The maximum absolute atomic E-state index is 6.22. The van der Waals surface area contributed by atoms with Gasteiger partial charge in [0.25, 0.3) is 0 Å². The van der Waals surface area contributed by atoms with Crippen molar-refractivity contribution in [2.75, 3.05) is 0 Å². The topological polar surface area (TPSA) is 56.5 Å². The molecule has 1 aromatic rings. The summed E-state index contributed by atoms with van der Waals surface area (Å²) in [5.74, 6) is 0.340. The number of rotatable bonds is 1. The highest BCUT2D eigenvalue weighted by atomic mass is 35.5. The van der Waals surface area contributed by atoms with Gasteiger partial charge in [0.1, 0.15) is 5.15 Å². The largest absolute Gasteiger partial charge is 0.273 e. The van der Waals surface area contributed by atoms with Crippen LogP contribution < -0.4 is 0 Å². The van der Waals surface area contributed by atoms with Crippen molar-refractivity contribution in [3.8, 4) is 17.2 Å². The van der Waals surface area contributed by atoms with Crippen molar-refractivity contribution in [3.05, 3.63) is 40.8 Å². The third kappa shape index (κ3) is 1.64. The second kappa shape index (κ2) is 3.94. The molecule has 0 aromatic heterocycles. The van der Waals surface area contributed by atoms with Crippen LogP contribution in [-0.2, 0) is 0 Å². The highest BCUT2D eigenvalue weighted by molar-refractivity contribution is 6.34. The highest BCUT2D eigenvalue weighted by Crippen LogP contribution is 2.29. The molecule has 0 radical (unpaired) electrons. The molecule has 0 aliphatic carbocycles. The van der Waals surface area contributed by atoms with Gasteiger partial charge in [0.2, 0.25) is 11.1 Å². The standard InChI is InChI=1S/C10H5Cl2N5/c11-8-7-9(15-16-14-7)13-10(12)17(8)6-4-2-1-3-5-6/h1-5H. The molecule has 0 spiro atoms. The Labute approximate surface area is 106 Å². The minimum atomic E-state index is 0.219. The van der Waals surface area contributed by atoms with Gasteiger partial charge in [-0.15, -0.1) is 10.2 Å². The van der Waals surface area contributed by atoms with Crippen LogP contribution in [0.15, 0.2) is 30.3 Å². The Balaban J connectivity index is 2.34. The summed E-state index contributed by atoms with van der Waals surface area (Å²) in [7, 11) is 0. The lowest BCUT2D eigenvalue weighted by Crippen LogP contribution is -2.04. The van der Waals surface area contributed by atoms with Gasteiger partial charge < -0.3 is 0 Å². The van der Waals surface area contributed by atoms with Gasteiger partial charge >= 0.3 is 0 Å². The van der Waals surface area contributed by atoms with Crippen LogP contribution in [-0.4, -0.2) is 25.0 Å². The van der Waals surface area contributed by atoms with Gasteiger partial charge in [-0.25, -0.2) is 0 Å². The van der Waals surface area contributed by atoms with Gasteiger partial charge in [0, 0.05) is 5.69 Å². The van der Waals surface area contributed by atoms with E-state index in [4.69, 9.17) is 23.2 Å². The predicted octanol–water partition coefficient (Wildman–Crippen LogP) is 2.47. The van der Waals surface area contributed by atoms with Crippen LogP contribution in [0.5, 0.6) is 0 Å². The molecule has 2 aliphatic rings. The zero-order valence-corrected chi connectivity index (χ0v) is 9.89. The molecule has 2 heterocycles. The summed E-state index contributed by atoms with van der Waals surface area (Å²) in [4.78, 5) is 4.08. The molecule has 0 saturated carbocycles. The first-order valence-electron chi connectivity index (χ1n) is 4.75. The molecule has 3 rings (SSSR count). The first-order valence-corrected chi connectivity index (χ1v) is 5.51. The van der Waals surface area contributed by atoms with E-state index in [2.05, 4.69) is 20.4 Å². The van der Waals surface area contributed by atoms with Crippen molar-refractivity contribution in [2.24, 2.45) is 0 Å². The van der Waals surface area contributed by atoms with Crippen molar-refractivity contribution in [1.82, 2.24) is 25.0 Å². The van der Waals surface area contributed by atoms with Crippen LogP contribution in [0.3, 0.4) is 0 Å². The molecule has 0 saturated heterocycles. The summed E-state index contributed by atoms with van der Waals surface area (Å²) in [6.45, 7) is 0.